The maximum Gasteiger partial charge on any atom is 0.0359 e. The fourth-order valence-corrected chi connectivity index (χ4v) is 5.03. The van der Waals surface area contributed by atoms with Gasteiger partial charge in [-0.1, -0.05) is 6.42 Å². The van der Waals surface area contributed by atoms with Crippen LogP contribution in [0, 0.1) is 17.8 Å². The van der Waals surface area contributed by atoms with Crippen LogP contribution >= 0.6 is 0 Å². The number of likely N-dealkylation sites (tertiary alicyclic amines) is 1. The molecule has 4 unspecified atom stereocenters. The molecule has 2 saturated carbocycles. The summed E-state index contributed by atoms with van der Waals surface area (Å²) >= 11 is 0. The minimum atomic E-state index is 0.351. The summed E-state index contributed by atoms with van der Waals surface area (Å²) < 4.78 is 0. The molecule has 18 heavy (non-hydrogen) atoms. The van der Waals surface area contributed by atoms with Gasteiger partial charge in [-0.15, -0.1) is 0 Å². The quantitative estimate of drug-likeness (QED) is 0.819. The molecule has 104 valence electrons. The summed E-state index contributed by atoms with van der Waals surface area (Å²) in [6.07, 6.45) is 7.08. The van der Waals surface area contributed by atoms with Gasteiger partial charge in [-0.2, -0.15) is 0 Å². The molecule has 3 nitrogen and oxygen atoms in total. The zero-order valence-corrected chi connectivity index (χ0v) is 12.1. The van der Waals surface area contributed by atoms with Crippen LogP contribution in [0.2, 0.25) is 0 Å². The first-order valence-electron chi connectivity index (χ1n) is 7.74. The maximum atomic E-state index is 6.21. The van der Waals surface area contributed by atoms with Crippen LogP contribution in [0.25, 0.3) is 0 Å². The molecule has 1 heterocycles. The molecule has 0 aromatic carbocycles. The standard InChI is InChI=1S/C15H29N3/c1-17-6-5-13(9-17)10-18(2)15(11-16)8-12-3-4-14(15)7-12/h12-14H,3-11,16H2,1-2H3. The number of rotatable bonds is 4. The minimum Gasteiger partial charge on any atom is -0.329 e. The Labute approximate surface area is 112 Å². The van der Waals surface area contributed by atoms with E-state index in [4.69, 9.17) is 5.73 Å². The van der Waals surface area contributed by atoms with Crippen LogP contribution in [0.5, 0.6) is 0 Å². The molecule has 3 rings (SSSR count). The van der Waals surface area contributed by atoms with Crippen LogP contribution in [-0.4, -0.2) is 55.6 Å². The minimum absolute atomic E-state index is 0.351. The van der Waals surface area contributed by atoms with Crippen LogP contribution < -0.4 is 5.73 Å². The monoisotopic (exact) mass is 251 g/mol. The van der Waals surface area contributed by atoms with Crippen molar-refractivity contribution in [3.05, 3.63) is 0 Å². The topological polar surface area (TPSA) is 32.5 Å². The molecule has 2 N–H and O–H groups in total. The Bertz CT molecular complexity index is 306. The van der Waals surface area contributed by atoms with Gasteiger partial charge in [0.2, 0.25) is 0 Å². The smallest absolute Gasteiger partial charge is 0.0359 e. The van der Waals surface area contributed by atoms with Gasteiger partial charge < -0.3 is 10.6 Å². The second-order valence-electron chi connectivity index (χ2n) is 7.19. The van der Waals surface area contributed by atoms with Crippen molar-refractivity contribution in [2.24, 2.45) is 23.5 Å². The highest BCUT2D eigenvalue weighted by Gasteiger charge is 2.52. The molecular weight excluding hydrogens is 222 g/mol. The van der Waals surface area contributed by atoms with Gasteiger partial charge in [-0.3, -0.25) is 4.90 Å². The van der Waals surface area contributed by atoms with Crippen molar-refractivity contribution in [2.75, 3.05) is 40.3 Å². The molecule has 3 aliphatic rings. The number of hydrogen-bond donors (Lipinski definition) is 1. The summed E-state index contributed by atoms with van der Waals surface area (Å²) in [5, 5.41) is 0. The number of nitrogens with two attached hydrogens (primary N) is 1. The zero-order chi connectivity index (χ0) is 12.8. The average Bonchev–Trinajstić information content (AvgIpc) is 3.04. The maximum absolute atomic E-state index is 6.21. The lowest BCUT2D eigenvalue weighted by atomic mass is 9.79. The fourth-order valence-electron chi connectivity index (χ4n) is 5.03. The van der Waals surface area contributed by atoms with Crippen LogP contribution in [-0.2, 0) is 0 Å². The number of hydrogen-bond acceptors (Lipinski definition) is 3. The van der Waals surface area contributed by atoms with Gasteiger partial charge >= 0.3 is 0 Å². The van der Waals surface area contributed by atoms with E-state index in [1.807, 2.05) is 0 Å². The van der Waals surface area contributed by atoms with Crippen molar-refractivity contribution in [3.63, 3.8) is 0 Å². The van der Waals surface area contributed by atoms with Crippen LogP contribution in [0.4, 0.5) is 0 Å². The highest BCUT2D eigenvalue weighted by atomic mass is 15.2. The van der Waals surface area contributed by atoms with Crippen molar-refractivity contribution >= 4 is 0 Å². The summed E-state index contributed by atoms with van der Waals surface area (Å²) in [5.41, 5.74) is 6.56. The second-order valence-corrected chi connectivity index (χ2v) is 7.19. The van der Waals surface area contributed by atoms with E-state index < -0.39 is 0 Å². The van der Waals surface area contributed by atoms with Crippen molar-refractivity contribution in [1.82, 2.24) is 9.80 Å². The van der Waals surface area contributed by atoms with Gasteiger partial charge in [-0.25, -0.2) is 0 Å². The summed E-state index contributed by atoms with van der Waals surface area (Å²) in [7, 11) is 4.59. The van der Waals surface area contributed by atoms with Crippen molar-refractivity contribution in [3.8, 4) is 0 Å². The van der Waals surface area contributed by atoms with Crippen LogP contribution in [0.15, 0.2) is 0 Å². The van der Waals surface area contributed by atoms with E-state index >= 15 is 0 Å². The predicted octanol–water partition coefficient (Wildman–Crippen LogP) is 1.39. The van der Waals surface area contributed by atoms with Crippen molar-refractivity contribution < 1.29 is 0 Å². The number of likely N-dealkylation sites (N-methyl/N-ethyl adjacent to an activating group) is 1. The summed E-state index contributed by atoms with van der Waals surface area (Å²) in [6.45, 7) is 4.68. The highest BCUT2D eigenvalue weighted by Crippen LogP contribution is 2.52. The molecule has 3 fully saturated rings. The summed E-state index contributed by atoms with van der Waals surface area (Å²) in [6, 6.07) is 0. The third-order valence-electron chi connectivity index (χ3n) is 6.08. The second kappa shape index (κ2) is 4.77. The Morgan fingerprint density at radius 3 is 2.67 bits per heavy atom. The van der Waals surface area contributed by atoms with E-state index in [1.54, 1.807) is 0 Å². The number of nitrogens with zero attached hydrogens (tertiary/aromatic N) is 2. The molecule has 0 aromatic heterocycles. The first-order valence-corrected chi connectivity index (χ1v) is 7.74. The molecule has 0 radical (unpaired) electrons. The predicted molar refractivity (Wildman–Crippen MR) is 75.5 cm³/mol. The molecular formula is C15H29N3. The Morgan fingerprint density at radius 2 is 2.17 bits per heavy atom. The number of fused-ring (bicyclic) bond motifs is 2. The molecule has 0 amide bonds. The molecule has 3 heteroatoms. The fraction of sp³-hybridized carbons (Fsp3) is 1.00. The van der Waals surface area contributed by atoms with Gasteiger partial charge in [0.15, 0.2) is 0 Å². The lowest BCUT2D eigenvalue weighted by Crippen LogP contribution is -2.56. The average molecular weight is 251 g/mol. The van der Waals surface area contributed by atoms with E-state index in [-0.39, 0.29) is 0 Å². The van der Waals surface area contributed by atoms with Crippen LogP contribution in [0.3, 0.4) is 0 Å². The van der Waals surface area contributed by atoms with Crippen molar-refractivity contribution in [1.29, 1.82) is 0 Å². The molecule has 4 atom stereocenters. The third kappa shape index (κ3) is 2.00. The van der Waals surface area contributed by atoms with Gasteiger partial charge in [0.1, 0.15) is 0 Å². The molecule has 1 aliphatic heterocycles. The highest BCUT2D eigenvalue weighted by molar-refractivity contribution is 5.07. The van der Waals surface area contributed by atoms with E-state index in [9.17, 15) is 0 Å². The summed E-state index contributed by atoms with van der Waals surface area (Å²) in [5.74, 6) is 2.73. The van der Waals surface area contributed by atoms with Crippen LogP contribution in [0.1, 0.15) is 32.1 Å². The van der Waals surface area contributed by atoms with E-state index in [2.05, 4.69) is 23.9 Å². The zero-order valence-electron chi connectivity index (χ0n) is 12.1. The SMILES string of the molecule is CN1CCC(CN(C)C2(CN)CC3CCC2C3)C1. The molecule has 0 spiro atoms. The largest absolute Gasteiger partial charge is 0.329 e. The van der Waals surface area contributed by atoms with E-state index in [1.165, 1.54) is 51.7 Å². The Kier molecular flexibility index (Phi) is 3.41. The lowest BCUT2D eigenvalue weighted by molar-refractivity contribution is 0.0531. The summed E-state index contributed by atoms with van der Waals surface area (Å²) in [4.78, 5) is 5.12. The van der Waals surface area contributed by atoms with Gasteiger partial charge in [0, 0.05) is 25.2 Å². The first kappa shape index (κ1) is 12.9. The molecule has 2 aliphatic carbocycles. The molecule has 0 aromatic rings. The van der Waals surface area contributed by atoms with Crippen molar-refractivity contribution in [2.45, 2.75) is 37.6 Å². The Morgan fingerprint density at radius 1 is 1.33 bits per heavy atom. The molecule has 2 bridgehead atoms. The Hall–Kier alpha value is -0.120. The third-order valence-corrected chi connectivity index (χ3v) is 6.08. The van der Waals surface area contributed by atoms with Gasteiger partial charge in [0.05, 0.1) is 0 Å². The molecule has 1 saturated heterocycles. The van der Waals surface area contributed by atoms with E-state index in [0.29, 0.717) is 5.54 Å². The normalized spacial score (nSPS) is 44.3. The van der Waals surface area contributed by atoms with Gasteiger partial charge in [-0.05, 0) is 64.1 Å². The first-order chi connectivity index (χ1) is 8.64. The lowest BCUT2D eigenvalue weighted by Gasteiger charge is -2.45. The van der Waals surface area contributed by atoms with E-state index in [0.717, 1.165) is 24.3 Å². The Balaban J connectivity index is 1.65. The van der Waals surface area contributed by atoms with Gasteiger partial charge in [0.25, 0.3) is 0 Å².